The highest BCUT2D eigenvalue weighted by Crippen LogP contribution is 2.46. The molecule has 0 bridgehead atoms. The predicted octanol–water partition coefficient (Wildman–Crippen LogP) is 4.52. The third kappa shape index (κ3) is 1.52. The lowest BCUT2D eigenvalue weighted by atomic mass is 9.68. The third-order valence-electron chi connectivity index (χ3n) is 4.10. The maximum atomic E-state index is 2.46. The molecule has 3 rings (SSSR count). The van der Waals surface area contributed by atoms with Gasteiger partial charge in [-0.25, -0.2) is 0 Å². The van der Waals surface area contributed by atoms with Crippen molar-refractivity contribution in [2.24, 2.45) is 5.41 Å². The molecular weight excluding hydrogens is 192 g/mol. The van der Waals surface area contributed by atoms with Gasteiger partial charge in [0.15, 0.2) is 0 Å². The van der Waals surface area contributed by atoms with Gasteiger partial charge in [0, 0.05) is 11.8 Å². The zero-order valence-corrected chi connectivity index (χ0v) is 10.2. The fourth-order valence-corrected chi connectivity index (χ4v) is 3.09. The molecule has 0 spiro atoms. The highest BCUT2D eigenvalue weighted by molar-refractivity contribution is 5.51. The number of allylic oxidation sites excluding steroid dienone is 8. The molecule has 0 aromatic rings. The zero-order valence-electron chi connectivity index (χ0n) is 10.2. The fourth-order valence-electron chi connectivity index (χ4n) is 3.09. The van der Waals surface area contributed by atoms with Crippen LogP contribution in [-0.4, -0.2) is 0 Å². The van der Waals surface area contributed by atoms with E-state index in [2.05, 4.69) is 44.6 Å². The monoisotopic (exact) mass is 211 g/mol. The van der Waals surface area contributed by atoms with Crippen molar-refractivity contribution >= 4 is 0 Å². The van der Waals surface area contributed by atoms with E-state index < -0.39 is 0 Å². The van der Waals surface area contributed by atoms with Crippen molar-refractivity contribution in [1.82, 2.24) is 0 Å². The fraction of sp³-hybridized carbons (Fsp3) is 0.438. The topological polar surface area (TPSA) is 0 Å². The van der Waals surface area contributed by atoms with Crippen LogP contribution in [0.1, 0.15) is 39.5 Å². The van der Waals surface area contributed by atoms with Crippen molar-refractivity contribution < 1.29 is 0 Å². The summed E-state index contributed by atoms with van der Waals surface area (Å²) in [6, 6.07) is 0. The summed E-state index contributed by atoms with van der Waals surface area (Å²) in [5.74, 6) is 0. The summed E-state index contributed by atoms with van der Waals surface area (Å²) in [5, 5.41) is 0. The molecule has 0 saturated carbocycles. The van der Waals surface area contributed by atoms with Gasteiger partial charge in [-0.1, -0.05) is 60.4 Å². The van der Waals surface area contributed by atoms with Gasteiger partial charge in [-0.05, 0) is 25.7 Å². The summed E-state index contributed by atoms with van der Waals surface area (Å²) in [4.78, 5) is 0. The molecule has 0 atom stereocenters. The normalized spacial score (nSPS) is 26.9. The van der Waals surface area contributed by atoms with E-state index in [0.29, 0.717) is 0 Å². The largest absolute Gasteiger partial charge is 0.0841 e. The Balaban J connectivity index is 1.93. The van der Waals surface area contributed by atoms with Crippen LogP contribution in [0.5, 0.6) is 0 Å². The Kier molecular flexibility index (Phi) is 2.20. The van der Waals surface area contributed by atoms with Gasteiger partial charge in [0.05, 0.1) is 0 Å². The van der Waals surface area contributed by atoms with Crippen LogP contribution in [0.4, 0.5) is 0 Å². The molecule has 16 heavy (non-hydrogen) atoms. The van der Waals surface area contributed by atoms with Crippen LogP contribution < -0.4 is 0 Å². The van der Waals surface area contributed by atoms with Crippen molar-refractivity contribution in [2.75, 3.05) is 0 Å². The van der Waals surface area contributed by atoms with E-state index in [9.17, 15) is 0 Å². The Morgan fingerprint density at radius 1 is 0.938 bits per heavy atom. The molecule has 0 amide bonds. The molecular formula is C16H19. The number of hydrogen-bond acceptors (Lipinski definition) is 0. The van der Waals surface area contributed by atoms with E-state index in [1.165, 1.54) is 12.8 Å². The van der Waals surface area contributed by atoms with Crippen LogP contribution >= 0.6 is 0 Å². The van der Waals surface area contributed by atoms with Crippen LogP contribution in [0.3, 0.4) is 0 Å². The first-order valence-corrected chi connectivity index (χ1v) is 6.28. The summed E-state index contributed by atoms with van der Waals surface area (Å²) >= 11 is 0. The van der Waals surface area contributed by atoms with Gasteiger partial charge in [0.1, 0.15) is 0 Å². The van der Waals surface area contributed by atoms with Gasteiger partial charge in [-0.2, -0.15) is 0 Å². The molecule has 3 aliphatic rings. The standard InChI is InChI=1S/C16H19/c1-16(2)9-5-8-14-10-12-6-3-4-7-13(12)11-15(14)16/h3-5,9-10H,6-8,11H2,1-2H3. The van der Waals surface area contributed by atoms with E-state index in [1.54, 1.807) is 22.3 Å². The second kappa shape index (κ2) is 3.48. The quantitative estimate of drug-likeness (QED) is 0.517. The zero-order chi connectivity index (χ0) is 11.2. The van der Waals surface area contributed by atoms with E-state index in [-0.39, 0.29) is 5.41 Å². The van der Waals surface area contributed by atoms with Crippen LogP contribution in [0, 0.1) is 11.8 Å². The minimum Gasteiger partial charge on any atom is -0.0841 e. The molecule has 0 saturated heterocycles. The predicted molar refractivity (Wildman–Crippen MR) is 68.9 cm³/mol. The first-order valence-electron chi connectivity index (χ1n) is 6.28. The van der Waals surface area contributed by atoms with Gasteiger partial charge in [0.25, 0.3) is 0 Å². The van der Waals surface area contributed by atoms with Crippen molar-refractivity contribution in [1.29, 1.82) is 0 Å². The van der Waals surface area contributed by atoms with E-state index in [0.717, 1.165) is 12.8 Å². The van der Waals surface area contributed by atoms with Crippen LogP contribution in [-0.2, 0) is 0 Å². The Bertz CT molecular complexity index is 439. The molecule has 0 nitrogen and oxygen atoms in total. The lowest BCUT2D eigenvalue weighted by molar-refractivity contribution is 0.537. The van der Waals surface area contributed by atoms with E-state index in [1.807, 2.05) is 0 Å². The van der Waals surface area contributed by atoms with Crippen molar-refractivity contribution in [3.63, 3.8) is 0 Å². The third-order valence-corrected chi connectivity index (χ3v) is 4.10. The smallest absolute Gasteiger partial charge is 0.0123 e. The van der Waals surface area contributed by atoms with E-state index >= 15 is 0 Å². The Morgan fingerprint density at radius 3 is 2.56 bits per heavy atom. The molecule has 0 heterocycles. The summed E-state index contributed by atoms with van der Waals surface area (Å²) in [5.41, 5.74) is 6.76. The Labute approximate surface area is 98.4 Å². The van der Waals surface area contributed by atoms with Crippen molar-refractivity contribution in [3.8, 4) is 0 Å². The average Bonchev–Trinajstić information content (AvgIpc) is 2.27. The molecule has 0 unspecified atom stereocenters. The van der Waals surface area contributed by atoms with Crippen LogP contribution in [0.15, 0.2) is 46.6 Å². The Morgan fingerprint density at radius 2 is 1.69 bits per heavy atom. The molecule has 0 aromatic heterocycles. The minimum atomic E-state index is 0.268. The summed E-state index contributed by atoms with van der Waals surface area (Å²) in [6.45, 7) is 4.69. The SMILES string of the molecule is CC1(C)C=CCC2=C1CC1=C([CH]2)CC=CC1. The maximum absolute atomic E-state index is 2.46. The second-order valence-corrected chi connectivity index (χ2v) is 5.66. The number of hydrogen-bond donors (Lipinski definition) is 0. The molecule has 83 valence electrons. The van der Waals surface area contributed by atoms with Crippen molar-refractivity contribution in [3.05, 3.63) is 53.0 Å². The molecule has 1 radical (unpaired) electrons. The molecule has 0 heteroatoms. The Hall–Kier alpha value is -1.04. The van der Waals surface area contributed by atoms with Gasteiger partial charge >= 0.3 is 0 Å². The highest BCUT2D eigenvalue weighted by atomic mass is 14.3. The van der Waals surface area contributed by atoms with E-state index in [4.69, 9.17) is 0 Å². The average molecular weight is 211 g/mol. The van der Waals surface area contributed by atoms with Gasteiger partial charge in [0.2, 0.25) is 0 Å². The molecule has 3 aliphatic carbocycles. The lowest BCUT2D eigenvalue weighted by Gasteiger charge is -2.36. The first-order chi connectivity index (χ1) is 7.67. The molecule has 0 N–H and O–H groups in total. The lowest BCUT2D eigenvalue weighted by Crippen LogP contribution is -2.21. The highest BCUT2D eigenvalue weighted by Gasteiger charge is 2.30. The van der Waals surface area contributed by atoms with Gasteiger partial charge < -0.3 is 0 Å². The molecule has 0 aromatic carbocycles. The van der Waals surface area contributed by atoms with Crippen LogP contribution in [0.25, 0.3) is 0 Å². The first kappa shape index (κ1) is 10.1. The second-order valence-electron chi connectivity index (χ2n) is 5.66. The summed E-state index contributed by atoms with van der Waals surface area (Å²) in [6.07, 6.45) is 16.5. The summed E-state index contributed by atoms with van der Waals surface area (Å²) < 4.78 is 0. The number of rotatable bonds is 0. The summed E-state index contributed by atoms with van der Waals surface area (Å²) in [7, 11) is 0. The van der Waals surface area contributed by atoms with Crippen molar-refractivity contribution in [2.45, 2.75) is 39.5 Å². The van der Waals surface area contributed by atoms with Gasteiger partial charge in [-0.3, -0.25) is 0 Å². The maximum Gasteiger partial charge on any atom is 0.0123 e. The van der Waals surface area contributed by atoms with Gasteiger partial charge in [-0.15, -0.1) is 0 Å². The minimum absolute atomic E-state index is 0.268. The molecule has 0 aliphatic heterocycles. The molecule has 0 fully saturated rings. The van der Waals surface area contributed by atoms with Crippen LogP contribution in [0.2, 0.25) is 0 Å².